The lowest BCUT2D eigenvalue weighted by Gasteiger charge is -2.26. The Kier molecular flexibility index (Phi) is 14.6. The Morgan fingerprint density at radius 3 is 1.07 bits per heavy atom. The van der Waals surface area contributed by atoms with E-state index in [4.69, 9.17) is 14.2 Å². The largest absolute Gasteiger partial charge is 0.464 e. The van der Waals surface area contributed by atoms with E-state index in [-0.39, 0.29) is 26.2 Å². The highest BCUT2D eigenvalue weighted by Gasteiger charge is 2.56. The van der Waals surface area contributed by atoms with Gasteiger partial charge in [-0.1, -0.05) is 66.2 Å². The fraction of sp³-hybridized carbons (Fsp3) is 0.857. The molecule has 0 N–H and O–H groups in total. The van der Waals surface area contributed by atoms with Gasteiger partial charge < -0.3 is 14.2 Å². The molecule has 0 atom stereocenters. The average Bonchev–Trinajstić information content (AvgIpc) is 2.67. The molecular weight excluding hydrogens is 348 g/mol. The molecule has 0 aromatic rings. The molecule has 0 rings (SSSR count). The van der Waals surface area contributed by atoms with Crippen LogP contribution in [0.25, 0.3) is 0 Å². The van der Waals surface area contributed by atoms with E-state index in [1.165, 1.54) is 0 Å². The summed E-state index contributed by atoms with van der Waals surface area (Å²) in [5.41, 5.74) is -2.02. The van der Waals surface area contributed by atoms with Crippen LogP contribution < -0.4 is 0 Å². The van der Waals surface area contributed by atoms with E-state index in [0.717, 1.165) is 38.5 Å². The molecule has 0 heterocycles. The molecule has 0 bridgehead atoms. The Morgan fingerprint density at radius 1 is 0.556 bits per heavy atom. The second-order valence-corrected chi connectivity index (χ2v) is 6.79. The van der Waals surface area contributed by atoms with Crippen molar-refractivity contribution in [1.29, 1.82) is 0 Å². The third kappa shape index (κ3) is 8.76. The molecule has 0 amide bonds. The summed E-state index contributed by atoms with van der Waals surface area (Å²) in [6, 6.07) is 0. The number of hydrogen-bond donors (Lipinski definition) is 0. The van der Waals surface area contributed by atoms with Gasteiger partial charge in [0.1, 0.15) is 0 Å². The van der Waals surface area contributed by atoms with Gasteiger partial charge in [-0.25, -0.2) is 0 Å². The zero-order chi connectivity index (χ0) is 20.5. The van der Waals surface area contributed by atoms with Gasteiger partial charge in [-0.05, 0) is 25.7 Å². The molecular formula is C21H38O6. The highest BCUT2D eigenvalue weighted by molar-refractivity contribution is 6.17. The highest BCUT2D eigenvalue weighted by Crippen LogP contribution is 2.29. The summed E-state index contributed by atoms with van der Waals surface area (Å²) < 4.78 is 15.8. The molecule has 0 aromatic heterocycles. The van der Waals surface area contributed by atoms with Crippen molar-refractivity contribution in [2.45, 2.75) is 91.9 Å². The van der Waals surface area contributed by atoms with Crippen LogP contribution in [0.3, 0.4) is 0 Å². The van der Waals surface area contributed by atoms with E-state index in [1.54, 1.807) is 6.92 Å². The molecule has 0 aliphatic heterocycles. The average molecular weight is 387 g/mol. The molecule has 0 aliphatic carbocycles. The highest BCUT2D eigenvalue weighted by atomic mass is 16.6. The first-order valence-electron chi connectivity index (χ1n) is 10.5. The van der Waals surface area contributed by atoms with Gasteiger partial charge in [-0.2, -0.15) is 0 Å². The third-order valence-electron chi connectivity index (χ3n) is 4.52. The van der Waals surface area contributed by atoms with E-state index in [0.29, 0.717) is 19.3 Å². The first kappa shape index (κ1) is 25.4. The van der Waals surface area contributed by atoms with Crippen LogP contribution in [0.15, 0.2) is 0 Å². The van der Waals surface area contributed by atoms with Gasteiger partial charge in [-0.3, -0.25) is 14.4 Å². The third-order valence-corrected chi connectivity index (χ3v) is 4.52. The maximum atomic E-state index is 12.7. The Morgan fingerprint density at radius 2 is 0.852 bits per heavy atom. The first-order valence-corrected chi connectivity index (χ1v) is 10.5. The Hall–Kier alpha value is -1.59. The summed E-state index contributed by atoms with van der Waals surface area (Å²) in [5, 5.41) is 0. The number of rotatable bonds is 16. The maximum Gasteiger partial charge on any atom is 0.335 e. The fourth-order valence-corrected chi connectivity index (χ4v) is 2.60. The van der Waals surface area contributed by atoms with Gasteiger partial charge in [0.05, 0.1) is 19.8 Å². The van der Waals surface area contributed by atoms with Crippen LogP contribution in [0.2, 0.25) is 0 Å². The van der Waals surface area contributed by atoms with E-state index in [1.807, 2.05) is 20.8 Å². The van der Waals surface area contributed by atoms with Crippen molar-refractivity contribution in [3.8, 4) is 0 Å². The molecule has 6 nitrogen and oxygen atoms in total. The van der Waals surface area contributed by atoms with E-state index >= 15 is 0 Å². The second-order valence-electron chi connectivity index (χ2n) is 6.79. The van der Waals surface area contributed by atoms with E-state index in [2.05, 4.69) is 0 Å². The fourth-order valence-electron chi connectivity index (χ4n) is 2.60. The normalized spacial score (nSPS) is 11.1. The summed E-state index contributed by atoms with van der Waals surface area (Å²) in [4.78, 5) is 38.1. The molecule has 27 heavy (non-hydrogen) atoms. The summed E-state index contributed by atoms with van der Waals surface area (Å²) in [5.74, 6) is -2.58. The van der Waals surface area contributed by atoms with Gasteiger partial charge in [-0.15, -0.1) is 0 Å². The minimum Gasteiger partial charge on any atom is -0.464 e. The zero-order valence-corrected chi connectivity index (χ0v) is 17.6. The van der Waals surface area contributed by atoms with Gasteiger partial charge in [0.15, 0.2) is 0 Å². The Labute approximate surface area is 164 Å². The lowest BCUT2D eigenvalue weighted by atomic mass is 9.85. The number of hydrogen-bond acceptors (Lipinski definition) is 6. The number of ether oxygens (including phenoxy) is 3. The Bertz CT molecular complexity index is 373. The van der Waals surface area contributed by atoms with E-state index < -0.39 is 23.3 Å². The van der Waals surface area contributed by atoms with Crippen LogP contribution in [0.1, 0.15) is 91.9 Å². The summed E-state index contributed by atoms with van der Waals surface area (Å²) >= 11 is 0. The summed E-state index contributed by atoms with van der Waals surface area (Å²) in [6.45, 7) is 8.27. The monoisotopic (exact) mass is 386 g/mol. The molecule has 0 saturated carbocycles. The molecule has 158 valence electrons. The quantitative estimate of drug-likeness (QED) is 0.167. The van der Waals surface area contributed by atoms with Gasteiger partial charge in [0, 0.05) is 0 Å². The Balaban J connectivity index is 5.13. The van der Waals surface area contributed by atoms with Crippen LogP contribution in [0.4, 0.5) is 0 Å². The first-order chi connectivity index (χ1) is 13.0. The van der Waals surface area contributed by atoms with Gasteiger partial charge in [0.25, 0.3) is 5.41 Å². The second kappa shape index (κ2) is 15.5. The van der Waals surface area contributed by atoms with Gasteiger partial charge >= 0.3 is 17.9 Å². The SMILES string of the molecule is CCCCCOC(=O)C(CC)(C(=O)OCCCCC)C(=O)OCCCCC. The maximum absolute atomic E-state index is 12.7. The molecule has 0 unspecified atom stereocenters. The standard InChI is InChI=1S/C21H38O6/c1-5-9-12-15-25-18(22)21(8-4,19(23)26-16-13-10-6-2)20(24)27-17-14-11-7-3/h5-17H2,1-4H3. The summed E-state index contributed by atoms with van der Waals surface area (Å²) in [6.07, 6.45) is 7.72. The van der Waals surface area contributed by atoms with Crippen molar-refractivity contribution in [2.24, 2.45) is 5.41 Å². The molecule has 0 aliphatic rings. The topological polar surface area (TPSA) is 78.9 Å². The number of esters is 3. The van der Waals surface area contributed by atoms with Crippen molar-refractivity contribution in [3.05, 3.63) is 0 Å². The lowest BCUT2D eigenvalue weighted by Crippen LogP contribution is -2.49. The van der Waals surface area contributed by atoms with Crippen molar-refractivity contribution in [2.75, 3.05) is 19.8 Å². The predicted molar refractivity (Wildman–Crippen MR) is 104 cm³/mol. The lowest BCUT2D eigenvalue weighted by molar-refractivity contribution is -0.184. The van der Waals surface area contributed by atoms with Crippen LogP contribution in [0.5, 0.6) is 0 Å². The smallest absolute Gasteiger partial charge is 0.335 e. The van der Waals surface area contributed by atoms with Crippen LogP contribution >= 0.6 is 0 Å². The molecule has 6 heteroatoms. The molecule has 0 fully saturated rings. The van der Waals surface area contributed by atoms with Gasteiger partial charge in [0.2, 0.25) is 0 Å². The minimum atomic E-state index is -2.02. The van der Waals surface area contributed by atoms with Crippen molar-refractivity contribution >= 4 is 17.9 Å². The molecule has 0 aromatic carbocycles. The molecule has 0 saturated heterocycles. The van der Waals surface area contributed by atoms with Crippen molar-refractivity contribution in [3.63, 3.8) is 0 Å². The van der Waals surface area contributed by atoms with Crippen molar-refractivity contribution in [1.82, 2.24) is 0 Å². The van der Waals surface area contributed by atoms with Crippen LogP contribution in [0, 0.1) is 5.41 Å². The number of carbonyl (C=O) groups excluding carboxylic acids is 3. The number of unbranched alkanes of at least 4 members (excludes halogenated alkanes) is 6. The molecule has 0 radical (unpaired) electrons. The minimum absolute atomic E-state index is 0.0428. The summed E-state index contributed by atoms with van der Waals surface area (Å²) in [7, 11) is 0. The van der Waals surface area contributed by atoms with Crippen LogP contribution in [-0.2, 0) is 28.6 Å². The van der Waals surface area contributed by atoms with E-state index in [9.17, 15) is 14.4 Å². The van der Waals surface area contributed by atoms with Crippen LogP contribution in [-0.4, -0.2) is 37.7 Å². The van der Waals surface area contributed by atoms with Crippen molar-refractivity contribution < 1.29 is 28.6 Å². The zero-order valence-electron chi connectivity index (χ0n) is 17.6. The number of carbonyl (C=O) groups is 3. The predicted octanol–water partition coefficient (Wildman–Crippen LogP) is 4.58. The molecule has 0 spiro atoms.